The molecule has 0 radical (unpaired) electrons. The third-order valence-corrected chi connectivity index (χ3v) is 3.99. The summed E-state index contributed by atoms with van der Waals surface area (Å²) in [5.74, 6) is -0.295. The van der Waals surface area contributed by atoms with Crippen molar-refractivity contribution >= 4 is 27.5 Å². The van der Waals surface area contributed by atoms with Crippen LogP contribution in [-0.2, 0) is 11.3 Å². The van der Waals surface area contributed by atoms with Crippen molar-refractivity contribution in [1.29, 1.82) is 0 Å². The number of halogens is 1. The van der Waals surface area contributed by atoms with Gasteiger partial charge in [-0.05, 0) is 28.9 Å². The molecule has 0 bridgehead atoms. The van der Waals surface area contributed by atoms with Crippen LogP contribution in [0.2, 0.25) is 0 Å². The number of nitrogens with zero attached hydrogens (tertiary/aromatic N) is 2. The van der Waals surface area contributed by atoms with E-state index in [1.165, 1.54) is 10.6 Å². The molecular weight excluding hydrogens is 372 g/mol. The topological polar surface area (TPSA) is 79.8 Å². The number of aryl methyl sites for hydroxylation is 1. The van der Waals surface area contributed by atoms with E-state index in [-0.39, 0.29) is 18.0 Å². The quantitative estimate of drug-likeness (QED) is 0.723. The number of amides is 1. The Balaban J connectivity index is 1.84. The smallest absolute Gasteiger partial charge is 0.251 e. The summed E-state index contributed by atoms with van der Waals surface area (Å²) in [5.41, 5.74) is 2.71. The van der Waals surface area contributed by atoms with Gasteiger partial charge in [0.1, 0.15) is 12.2 Å². The molecule has 0 unspecified atom stereocenters. The van der Waals surface area contributed by atoms with E-state index < -0.39 is 0 Å². The van der Waals surface area contributed by atoms with Gasteiger partial charge in [0, 0.05) is 22.3 Å². The summed E-state index contributed by atoms with van der Waals surface area (Å²) in [6.07, 6.45) is 1.59. The van der Waals surface area contributed by atoms with Gasteiger partial charge in [0.15, 0.2) is 0 Å². The first-order valence-electron chi connectivity index (χ1n) is 7.31. The van der Waals surface area contributed by atoms with Gasteiger partial charge in [0.05, 0.1) is 11.4 Å². The number of H-pyrrole nitrogens is 1. The zero-order valence-corrected chi connectivity index (χ0v) is 14.5. The highest BCUT2D eigenvalue weighted by molar-refractivity contribution is 9.10. The van der Waals surface area contributed by atoms with E-state index in [1.54, 1.807) is 12.3 Å². The van der Waals surface area contributed by atoms with Crippen molar-refractivity contribution in [1.82, 2.24) is 14.8 Å². The molecule has 6 nitrogen and oxygen atoms in total. The van der Waals surface area contributed by atoms with Crippen LogP contribution in [0.15, 0.2) is 57.9 Å². The first kappa shape index (κ1) is 16.2. The van der Waals surface area contributed by atoms with Gasteiger partial charge in [-0.15, -0.1) is 0 Å². The van der Waals surface area contributed by atoms with Gasteiger partial charge in [-0.2, -0.15) is 5.10 Å². The van der Waals surface area contributed by atoms with E-state index in [9.17, 15) is 9.59 Å². The standard InChI is InChI=1S/C17H15BrN4O2/c1-11-16(17(21-20-11)12-5-3-2-4-6-12)19-14(23)10-22-9-13(18)7-8-15(22)24/h2-9H,10H2,1H3,(H,19,23)(H,20,21). The molecule has 0 aliphatic heterocycles. The third-order valence-electron chi connectivity index (χ3n) is 3.52. The Kier molecular flexibility index (Phi) is 4.61. The summed E-state index contributed by atoms with van der Waals surface area (Å²) >= 11 is 3.29. The molecule has 3 aromatic rings. The van der Waals surface area contributed by atoms with E-state index in [4.69, 9.17) is 0 Å². The second kappa shape index (κ2) is 6.84. The number of rotatable bonds is 4. The fourth-order valence-corrected chi connectivity index (χ4v) is 2.73. The van der Waals surface area contributed by atoms with Crippen molar-refractivity contribution in [3.8, 4) is 11.3 Å². The highest BCUT2D eigenvalue weighted by Gasteiger charge is 2.15. The molecule has 2 N–H and O–H groups in total. The van der Waals surface area contributed by atoms with Gasteiger partial charge in [0.25, 0.3) is 5.56 Å². The van der Waals surface area contributed by atoms with E-state index >= 15 is 0 Å². The van der Waals surface area contributed by atoms with Crippen LogP contribution >= 0.6 is 15.9 Å². The van der Waals surface area contributed by atoms with Crippen LogP contribution in [0.1, 0.15) is 5.69 Å². The van der Waals surface area contributed by atoms with Gasteiger partial charge in [0.2, 0.25) is 5.91 Å². The lowest BCUT2D eigenvalue weighted by molar-refractivity contribution is -0.116. The Morgan fingerprint density at radius 2 is 2.00 bits per heavy atom. The molecule has 122 valence electrons. The zero-order chi connectivity index (χ0) is 17.1. The molecule has 0 spiro atoms. The fourth-order valence-electron chi connectivity index (χ4n) is 2.35. The van der Waals surface area contributed by atoms with E-state index in [1.807, 2.05) is 37.3 Å². The average Bonchev–Trinajstić information content (AvgIpc) is 2.93. The highest BCUT2D eigenvalue weighted by atomic mass is 79.9. The number of benzene rings is 1. The van der Waals surface area contributed by atoms with Crippen molar-refractivity contribution in [3.63, 3.8) is 0 Å². The van der Waals surface area contributed by atoms with Crippen LogP contribution in [-0.4, -0.2) is 20.7 Å². The Labute approximate surface area is 146 Å². The number of anilines is 1. The maximum absolute atomic E-state index is 12.4. The first-order chi connectivity index (χ1) is 11.5. The second-order valence-corrected chi connectivity index (χ2v) is 6.22. The monoisotopic (exact) mass is 386 g/mol. The molecule has 3 rings (SSSR count). The lowest BCUT2D eigenvalue weighted by atomic mass is 10.1. The number of aromatic nitrogens is 3. The van der Waals surface area contributed by atoms with Gasteiger partial charge >= 0.3 is 0 Å². The van der Waals surface area contributed by atoms with Crippen LogP contribution in [0, 0.1) is 6.92 Å². The van der Waals surface area contributed by atoms with Gasteiger partial charge < -0.3 is 9.88 Å². The number of carbonyl (C=O) groups excluding carboxylic acids is 1. The van der Waals surface area contributed by atoms with Crippen LogP contribution in [0.5, 0.6) is 0 Å². The minimum absolute atomic E-state index is 0.0723. The summed E-state index contributed by atoms with van der Waals surface area (Å²) in [5, 5.41) is 9.99. The van der Waals surface area contributed by atoms with Crippen LogP contribution in [0.25, 0.3) is 11.3 Å². The lowest BCUT2D eigenvalue weighted by Gasteiger charge is -2.09. The van der Waals surface area contributed by atoms with Crippen molar-refractivity contribution in [2.24, 2.45) is 0 Å². The normalized spacial score (nSPS) is 10.6. The van der Waals surface area contributed by atoms with Crippen LogP contribution in [0.3, 0.4) is 0 Å². The Morgan fingerprint density at radius 1 is 1.25 bits per heavy atom. The first-order valence-corrected chi connectivity index (χ1v) is 8.10. The highest BCUT2D eigenvalue weighted by Crippen LogP contribution is 2.28. The molecule has 24 heavy (non-hydrogen) atoms. The Bertz CT molecular complexity index is 931. The summed E-state index contributed by atoms with van der Waals surface area (Å²) in [7, 11) is 0. The number of pyridine rings is 1. The van der Waals surface area contributed by atoms with Gasteiger partial charge in [-0.25, -0.2) is 0 Å². The summed E-state index contributed by atoms with van der Waals surface area (Å²) in [6.45, 7) is 1.76. The molecule has 2 heterocycles. The van der Waals surface area contributed by atoms with Gasteiger partial charge in [-0.3, -0.25) is 14.7 Å². The summed E-state index contributed by atoms with van der Waals surface area (Å²) < 4.78 is 2.08. The maximum atomic E-state index is 12.4. The number of carbonyl (C=O) groups is 1. The predicted molar refractivity (Wildman–Crippen MR) is 95.8 cm³/mol. The average molecular weight is 387 g/mol. The maximum Gasteiger partial charge on any atom is 0.251 e. The second-order valence-electron chi connectivity index (χ2n) is 5.30. The molecule has 0 saturated carbocycles. The molecule has 2 aromatic heterocycles. The lowest BCUT2D eigenvalue weighted by Crippen LogP contribution is -2.26. The number of hydrogen-bond acceptors (Lipinski definition) is 3. The SMILES string of the molecule is Cc1[nH]nc(-c2ccccc2)c1NC(=O)Cn1cc(Br)ccc1=O. The van der Waals surface area contributed by atoms with E-state index in [0.717, 1.165) is 15.7 Å². The van der Waals surface area contributed by atoms with E-state index in [0.29, 0.717) is 11.4 Å². The number of nitrogens with one attached hydrogen (secondary N) is 2. The van der Waals surface area contributed by atoms with Crippen molar-refractivity contribution < 1.29 is 4.79 Å². The fraction of sp³-hybridized carbons (Fsp3) is 0.118. The minimum atomic E-state index is -0.295. The number of hydrogen-bond donors (Lipinski definition) is 2. The van der Waals surface area contributed by atoms with E-state index in [2.05, 4.69) is 31.4 Å². The zero-order valence-electron chi connectivity index (χ0n) is 12.9. The predicted octanol–water partition coefficient (Wildman–Crippen LogP) is 2.95. The Hall–Kier alpha value is -2.67. The molecule has 0 fully saturated rings. The summed E-state index contributed by atoms with van der Waals surface area (Å²) in [4.78, 5) is 24.2. The van der Waals surface area contributed by atoms with Gasteiger partial charge in [-0.1, -0.05) is 30.3 Å². The van der Waals surface area contributed by atoms with Crippen molar-refractivity contribution in [2.75, 3.05) is 5.32 Å². The molecule has 0 aliphatic rings. The molecule has 0 atom stereocenters. The molecule has 7 heteroatoms. The van der Waals surface area contributed by atoms with Crippen LogP contribution < -0.4 is 10.9 Å². The molecule has 0 aliphatic carbocycles. The molecule has 1 aromatic carbocycles. The molecule has 0 saturated heterocycles. The van der Waals surface area contributed by atoms with Crippen LogP contribution in [0.4, 0.5) is 5.69 Å². The van der Waals surface area contributed by atoms with Crippen molar-refractivity contribution in [3.05, 3.63) is 69.2 Å². The minimum Gasteiger partial charge on any atom is -0.321 e. The summed E-state index contributed by atoms with van der Waals surface area (Å²) in [6, 6.07) is 12.6. The third kappa shape index (κ3) is 3.46. The number of aromatic amines is 1. The van der Waals surface area contributed by atoms with Crippen molar-refractivity contribution in [2.45, 2.75) is 13.5 Å². The Morgan fingerprint density at radius 3 is 2.75 bits per heavy atom. The molecule has 1 amide bonds. The largest absolute Gasteiger partial charge is 0.321 e. The molecular formula is C17H15BrN4O2.